The summed E-state index contributed by atoms with van der Waals surface area (Å²) in [5.41, 5.74) is 1.40. The van der Waals surface area contributed by atoms with Gasteiger partial charge < -0.3 is 10.1 Å². The number of anilines is 1. The van der Waals surface area contributed by atoms with Crippen LogP contribution in [0.4, 0.5) is 5.69 Å². The number of nitrogens with zero attached hydrogens (tertiary/aromatic N) is 1. The van der Waals surface area contributed by atoms with Crippen molar-refractivity contribution < 1.29 is 17.9 Å². The third-order valence-electron chi connectivity index (χ3n) is 4.99. The number of sulfonamides is 1. The van der Waals surface area contributed by atoms with Crippen molar-refractivity contribution in [3.63, 3.8) is 0 Å². The highest BCUT2D eigenvalue weighted by Gasteiger charge is 2.31. The van der Waals surface area contributed by atoms with Crippen molar-refractivity contribution in [3.05, 3.63) is 72.3 Å². The van der Waals surface area contributed by atoms with E-state index in [9.17, 15) is 13.2 Å². The van der Waals surface area contributed by atoms with Gasteiger partial charge in [0.25, 0.3) is 0 Å². The van der Waals surface area contributed by atoms with Crippen molar-refractivity contribution in [2.75, 3.05) is 23.7 Å². The molecule has 164 valence electrons. The molecule has 0 unspecified atom stereocenters. The zero-order valence-electron chi connectivity index (χ0n) is 18.0. The minimum absolute atomic E-state index is 0.268. The van der Waals surface area contributed by atoms with E-state index in [2.05, 4.69) is 5.32 Å². The largest absolute Gasteiger partial charge is 0.491 e. The lowest BCUT2D eigenvalue weighted by Gasteiger charge is -2.30. The van der Waals surface area contributed by atoms with Crippen LogP contribution in [0, 0.1) is 6.92 Å². The summed E-state index contributed by atoms with van der Waals surface area (Å²) >= 11 is 0. The van der Waals surface area contributed by atoms with Crippen LogP contribution in [0.1, 0.15) is 18.9 Å². The van der Waals surface area contributed by atoms with Gasteiger partial charge in [-0.3, -0.25) is 9.10 Å². The van der Waals surface area contributed by atoms with Crippen LogP contribution in [-0.4, -0.2) is 39.8 Å². The molecule has 1 atom stereocenters. The average Bonchev–Trinajstić information content (AvgIpc) is 2.74. The summed E-state index contributed by atoms with van der Waals surface area (Å²) in [4.78, 5) is 12.9. The van der Waals surface area contributed by atoms with Crippen LogP contribution in [0.5, 0.6) is 5.75 Å². The number of hydrogen-bond donors (Lipinski definition) is 1. The molecular weight excluding hydrogens is 412 g/mol. The van der Waals surface area contributed by atoms with Crippen molar-refractivity contribution in [2.24, 2.45) is 0 Å². The second kappa shape index (κ2) is 9.83. The van der Waals surface area contributed by atoms with E-state index in [0.717, 1.165) is 28.3 Å². The lowest BCUT2D eigenvalue weighted by atomic mass is 10.1. The van der Waals surface area contributed by atoms with E-state index in [1.165, 1.54) is 4.31 Å². The number of carbonyl (C=O) groups excluding carboxylic acids is 1. The molecule has 3 rings (SSSR count). The lowest BCUT2D eigenvalue weighted by Crippen LogP contribution is -2.50. The predicted octanol–water partition coefficient (Wildman–Crippen LogP) is 3.89. The molecule has 3 aromatic carbocycles. The fourth-order valence-electron chi connectivity index (χ4n) is 3.60. The Labute approximate surface area is 183 Å². The van der Waals surface area contributed by atoms with Crippen LogP contribution in [0.15, 0.2) is 66.7 Å². The average molecular weight is 441 g/mol. The molecule has 0 fully saturated rings. The summed E-state index contributed by atoms with van der Waals surface area (Å²) in [7, 11) is -3.65. The topological polar surface area (TPSA) is 75.7 Å². The first kappa shape index (κ1) is 22.6. The number of rotatable bonds is 9. The first-order chi connectivity index (χ1) is 14.8. The summed E-state index contributed by atoms with van der Waals surface area (Å²) in [6, 6.07) is 20.1. The highest BCUT2D eigenvalue weighted by Crippen LogP contribution is 2.25. The molecule has 31 heavy (non-hydrogen) atoms. The maximum atomic E-state index is 12.9. The van der Waals surface area contributed by atoms with Gasteiger partial charge in [0.05, 0.1) is 18.5 Å². The quantitative estimate of drug-likeness (QED) is 0.512. The molecule has 0 spiro atoms. The maximum absolute atomic E-state index is 12.9. The van der Waals surface area contributed by atoms with Gasteiger partial charge in [-0.15, -0.1) is 0 Å². The van der Waals surface area contributed by atoms with Crippen LogP contribution in [0.25, 0.3) is 10.8 Å². The molecule has 3 aromatic rings. The zero-order valence-corrected chi connectivity index (χ0v) is 18.9. The molecule has 1 N–H and O–H groups in total. The van der Waals surface area contributed by atoms with Gasteiger partial charge >= 0.3 is 0 Å². The number of carbonyl (C=O) groups is 1. The minimum Gasteiger partial charge on any atom is -0.491 e. The Hall–Kier alpha value is -3.06. The van der Waals surface area contributed by atoms with Gasteiger partial charge in [-0.1, -0.05) is 55.5 Å². The Kier molecular flexibility index (Phi) is 7.17. The predicted molar refractivity (Wildman–Crippen MR) is 125 cm³/mol. The number of hydrogen-bond acceptors (Lipinski definition) is 4. The van der Waals surface area contributed by atoms with Gasteiger partial charge in [0.15, 0.2) is 0 Å². The van der Waals surface area contributed by atoms with Crippen molar-refractivity contribution in [3.8, 4) is 5.75 Å². The Balaban J connectivity index is 1.67. The summed E-state index contributed by atoms with van der Waals surface area (Å²) < 4.78 is 32.1. The first-order valence-corrected chi connectivity index (χ1v) is 12.1. The normalized spacial score (nSPS) is 12.4. The molecular formula is C24H28N2O4S. The summed E-state index contributed by atoms with van der Waals surface area (Å²) in [5.74, 6) is 0.396. The first-order valence-electron chi connectivity index (χ1n) is 10.3. The van der Waals surface area contributed by atoms with Crippen molar-refractivity contribution in [1.82, 2.24) is 5.32 Å². The van der Waals surface area contributed by atoms with Gasteiger partial charge in [-0.25, -0.2) is 8.42 Å². The molecule has 7 heteroatoms. The Morgan fingerprint density at radius 2 is 1.77 bits per heavy atom. The van der Waals surface area contributed by atoms with E-state index in [1.54, 1.807) is 25.1 Å². The molecule has 0 aliphatic rings. The van der Waals surface area contributed by atoms with Gasteiger partial charge in [-0.05, 0) is 42.5 Å². The summed E-state index contributed by atoms with van der Waals surface area (Å²) in [5, 5.41) is 4.90. The molecule has 0 saturated heterocycles. The van der Waals surface area contributed by atoms with E-state index >= 15 is 0 Å². The van der Waals surface area contributed by atoms with Crippen LogP contribution >= 0.6 is 0 Å². The number of fused-ring (bicyclic) bond motifs is 1. The lowest BCUT2D eigenvalue weighted by molar-refractivity contribution is -0.122. The number of ether oxygens (including phenoxy) is 1. The number of aryl methyl sites for hydroxylation is 1. The molecule has 6 nitrogen and oxygen atoms in total. The Morgan fingerprint density at radius 1 is 1.06 bits per heavy atom. The van der Waals surface area contributed by atoms with Crippen LogP contribution in [0.3, 0.4) is 0 Å². The van der Waals surface area contributed by atoms with Crippen molar-refractivity contribution >= 4 is 32.4 Å². The maximum Gasteiger partial charge on any atom is 0.244 e. The molecule has 0 bridgehead atoms. The number of benzene rings is 3. The van der Waals surface area contributed by atoms with Gasteiger partial charge in [0, 0.05) is 5.39 Å². The van der Waals surface area contributed by atoms with Crippen LogP contribution in [0.2, 0.25) is 0 Å². The summed E-state index contributed by atoms with van der Waals surface area (Å²) in [6.07, 6.45) is 1.46. The zero-order chi connectivity index (χ0) is 22.4. The molecule has 0 saturated carbocycles. The van der Waals surface area contributed by atoms with E-state index in [-0.39, 0.29) is 19.1 Å². The number of amides is 1. The minimum atomic E-state index is -3.65. The molecule has 0 radical (unpaired) electrons. The second-order valence-electron chi connectivity index (χ2n) is 7.44. The van der Waals surface area contributed by atoms with E-state index in [0.29, 0.717) is 12.1 Å². The second-order valence-corrected chi connectivity index (χ2v) is 9.30. The highest BCUT2D eigenvalue weighted by atomic mass is 32.2. The number of nitrogens with one attached hydrogen (secondary N) is 1. The van der Waals surface area contributed by atoms with Gasteiger partial charge in [-0.2, -0.15) is 0 Å². The van der Waals surface area contributed by atoms with Gasteiger partial charge in [0.1, 0.15) is 18.4 Å². The fraction of sp³-hybridized carbons (Fsp3) is 0.292. The van der Waals surface area contributed by atoms with Crippen LogP contribution < -0.4 is 14.4 Å². The van der Waals surface area contributed by atoms with E-state index < -0.39 is 16.1 Å². The SMILES string of the molecule is CC[C@H](C(=O)NCCOc1cccc2ccccc12)N(c1cccc(C)c1)S(C)(=O)=O. The fourth-order valence-corrected chi connectivity index (χ4v) is 4.80. The smallest absolute Gasteiger partial charge is 0.244 e. The molecule has 0 heterocycles. The van der Waals surface area contributed by atoms with E-state index in [1.807, 2.05) is 55.5 Å². The Morgan fingerprint density at radius 3 is 2.48 bits per heavy atom. The summed E-state index contributed by atoms with van der Waals surface area (Å²) in [6.45, 7) is 4.23. The standard InChI is InChI=1S/C24H28N2O4S/c1-4-22(26(31(3,28)29)20-12-7-9-18(2)17-20)24(27)25-15-16-30-23-14-8-11-19-10-5-6-13-21(19)23/h5-14,17,22H,4,15-16H2,1-3H3,(H,25,27)/t22-/m1/s1. The van der Waals surface area contributed by atoms with Crippen molar-refractivity contribution in [1.29, 1.82) is 0 Å². The Bertz CT molecular complexity index is 1160. The third-order valence-corrected chi connectivity index (χ3v) is 6.17. The molecule has 1 amide bonds. The van der Waals surface area contributed by atoms with Crippen LogP contribution in [-0.2, 0) is 14.8 Å². The molecule has 0 aromatic heterocycles. The highest BCUT2D eigenvalue weighted by molar-refractivity contribution is 7.92. The molecule has 0 aliphatic carbocycles. The molecule has 0 aliphatic heterocycles. The van der Waals surface area contributed by atoms with Crippen molar-refractivity contribution in [2.45, 2.75) is 26.3 Å². The van der Waals surface area contributed by atoms with Gasteiger partial charge in [0.2, 0.25) is 15.9 Å². The monoisotopic (exact) mass is 440 g/mol. The third kappa shape index (κ3) is 5.55. The van der Waals surface area contributed by atoms with E-state index in [4.69, 9.17) is 4.74 Å².